The highest BCUT2D eigenvalue weighted by Gasteiger charge is 2.25. The van der Waals surface area contributed by atoms with E-state index in [1.807, 2.05) is 6.92 Å². The van der Waals surface area contributed by atoms with Crippen LogP contribution in [0, 0.1) is 5.41 Å². The molecule has 18 heavy (non-hydrogen) atoms. The smallest absolute Gasteiger partial charge is 0.188 e. The maximum Gasteiger partial charge on any atom is 0.188 e. The van der Waals surface area contributed by atoms with Gasteiger partial charge < -0.3 is 11.1 Å². The number of nitrogens with zero attached hydrogens (tertiary/aromatic N) is 1. The van der Waals surface area contributed by atoms with Gasteiger partial charge in [0.2, 0.25) is 0 Å². The van der Waals surface area contributed by atoms with Crippen LogP contribution in [0.25, 0.3) is 0 Å². The Labute approximate surface area is 129 Å². The van der Waals surface area contributed by atoms with Gasteiger partial charge in [-0.3, -0.25) is 4.99 Å². The van der Waals surface area contributed by atoms with Gasteiger partial charge in [-0.15, -0.1) is 24.0 Å². The molecule has 0 atom stereocenters. The van der Waals surface area contributed by atoms with Crippen LogP contribution in [0.2, 0.25) is 0 Å². The number of halogens is 1. The van der Waals surface area contributed by atoms with Crippen molar-refractivity contribution >= 4 is 29.9 Å². The first-order valence-electron chi connectivity index (χ1n) is 6.70. The predicted octanol–water partition coefficient (Wildman–Crippen LogP) is 3.45. The molecule has 1 fully saturated rings. The largest absolute Gasteiger partial charge is 0.370 e. The zero-order valence-corrected chi connectivity index (χ0v) is 14.1. The second kappa shape index (κ2) is 8.77. The van der Waals surface area contributed by atoms with Crippen molar-refractivity contribution in [1.29, 1.82) is 0 Å². The maximum absolute atomic E-state index is 5.83. The molecule has 0 aromatic heterocycles. The minimum absolute atomic E-state index is 0. The molecule has 0 aromatic carbocycles. The molecule has 0 spiro atoms. The van der Waals surface area contributed by atoms with Crippen molar-refractivity contribution in [3.8, 4) is 0 Å². The fourth-order valence-electron chi connectivity index (χ4n) is 2.31. The van der Waals surface area contributed by atoms with Crippen LogP contribution in [0.3, 0.4) is 0 Å². The van der Waals surface area contributed by atoms with Gasteiger partial charge >= 0.3 is 0 Å². The average molecular weight is 365 g/mol. The lowest BCUT2D eigenvalue weighted by atomic mass is 9.83. The van der Waals surface area contributed by atoms with Crippen LogP contribution in [-0.4, -0.2) is 19.0 Å². The highest BCUT2D eigenvalue weighted by Crippen LogP contribution is 2.34. The van der Waals surface area contributed by atoms with Crippen LogP contribution in [0.5, 0.6) is 0 Å². The van der Waals surface area contributed by atoms with E-state index < -0.39 is 0 Å². The first-order valence-corrected chi connectivity index (χ1v) is 6.70. The molecule has 0 saturated heterocycles. The van der Waals surface area contributed by atoms with Gasteiger partial charge in [-0.25, -0.2) is 0 Å². The van der Waals surface area contributed by atoms with Crippen molar-refractivity contribution in [1.82, 2.24) is 5.32 Å². The molecular formula is C14H28IN3. The van der Waals surface area contributed by atoms with E-state index in [9.17, 15) is 0 Å². The van der Waals surface area contributed by atoms with Crippen LogP contribution in [-0.2, 0) is 0 Å². The first kappa shape index (κ1) is 17.7. The number of guanidine groups is 1. The summed E-state index contributed by atoms with van der Waals surface area (Å²) in [6, 6.07) is 0. The number of aliphatic imine (C=N–C) groups is 1. The highest BCUT2D eigenvalue weighted by atomic mass is 127. The van der Waals surface area contributed by atoms with Gasteiger partial charge in [0.05, 0.1) is 0 Å². The van der Waals surface area contributed by atoms with Crippen molar-refractivity contribution in [2.75, 3.05) is 13.1 Å². The molecule has 0 aliphatic heterocycles. The predicted molar refractivity (Wildman–Crippen MR) is 90.5 cm³/mol. The van der Waals surface area contributed by atoms with E-state index >= 15 is 0 Å². The Morgan fingerprint density at radius 2 is 1.83 bits per heavy atom. The molecular weight excluding hydrogens is 337 g/mol. The van der Waals surface area contributed by atoms with Gasteiger partial charge in [-0.1, -0.05) is 44.8 Å². The van der Waals surface area contributed by atoms with Gasteiger partial charge in [0.15, 0.2) is 5.96 Å². The fourth-order valence-corrected chi connectivity index (χ4v) is 2.31. The molecule has 4 heteroatoms. The summed E-state index contributed by atoms with van der Waals surface area (Å²) in [5.74, 6) is 0.554. The third-order valence-corrected chi connectivity index (χ3v) is 3.51. The van der Waals surface area contributed by atoms with E-state index in [4.69, 9.17) is 5.73 Å². The van der Waals surface area contributed by atoms with Crippen molar-refractivity contribution in [3.63, 3.8) is 0 Å². The van der Waals surface area contributed by atoms with Crippen molar-refractivity contribution in [2.24, 2.45) is 16.1 Å². The highest BCUT2D eigenvalue weighted by molar-refractivity contribution is 14.0. The second-order valence-electron chi connectivity index (χ2n) is 5.74. The van der Waals surface area contributed by atoms with Gasteiger partial charge in [-0.05, 0) is 25.2 Å². The molecule has 0 bridgehead atoms. The molecule has 1 aliphatic rings. The summed E-state index contributed by atoms with van der Waals surface area (Å²) in [6.45, 7) is 9.71. The summed E-state index contributed by atoms with van der Waals surface area (Å²) in [4.78, 5) is 4.48. The number of nitrogens with one attached hydrogen (secondary N) is 1. The third-order valence-electron chi connectivity index (χ3n) is 3.51. The number of rotatable bonds is 4. The van der Waals surface area contributed by atoms with Gasteiger partial charge in [0.25, 0.3) is 0 Å². The summed E-state index contributed by atoms with van der Waals surface area (Å²) >= 11 is 0. The topological polar surface area (TPSA) is 50.4 Å². The molecule has 0 unspecified atom stereocenters. The number of hydrogen-bond donors (Lipinski definition) is 2. The first-order chi connectivity index (χ1) is 8.02. The van der Waals surface area contributed by atoms with E-state index in [0.29, 0.717) is 17.9 Å². The van der Waals surface area contributed by atoms with Crippen LogP contribution >= 0.6 is 24.0 Å². The summed E-state index contributed by atoms with van der Waals surface area (Å²) in [5.41, 5.74) is 7.26. The number of nitrogens with two attached hydrogens (primary N) is 1. The summed E-state index contributed by atoms with van der Waals surface area (Å²) in [6.07, 6.45) is 8.00. The summed E-state index contributed by atoms with van der Waals surface area (Å²) in [5, 5.41) is 3.08. The molecule has 1 rings (SSSR count). The lowest BCUT2D eigenvalue weighted by Crippen LogP contribution is -2.34. The lowest BCUT2D eigenvalue weighted by molar-refractivity contribution is 0.290. The zero-order valence-electron chi connectivity index (χ0n) is 11.8. The molecule has 1 saturated carbocycles. The molecule has 3 N–H and O–H groups in total. The molecule has 0 aromatic rings. The average Bonchev–Trinajstić information content (AvgIpc) is 2.49. The van der Waals surface area contributed by atoms with Gasteiger partial charge in [-0.2, -0.15) is 0 Å². The molecule has 1 aliphatic carbocycles. The van der Waals surface area contributed by atoms with Crippen LogP contribution in [0.15, 0.2) is 17.1 Å². The monoisotopic (exact) mass is 365 g/mol. The maximum atomic E-state index is 5.83. The van der Waals surface area contributed by atoms with Crippen LogP contribution in [0.4, 0.5) is 0 Å². The van der Waals surface area contributed by atoms with Crippen molar-refractivity contribution in [2.45, 2.75) is 52.4 Å². The Morgan fingerprint density at radius 1 is 1.28 bits per heavy atom. The molecule has 106 valence electrons. The molecule has 3 nitrogen and oxygen atoms in total. The minimum Gasteiger partial charge on any atom is -0.370 e. The summed E-state index contributed by atoms with van der Waals surface area (Å²) in [7, 11) is 0. The minimum atomic E-state index is 0. The Morgan fingerprint density at radius 3 is 2.33 bits per heavy atom. The fraction of sp³-hybridized carbons (Fsp3) is 0.786. The van der Waals surface area contributed by atoms with Gasteiger partial charge in [0, 0.05) is 13.1 Å². The van der Waals surface area contributed by atoms with E-state index in [-0.39, 0.29) is 24.0 Å². The summed E-state index contributed by atoms with van der Waals surface area (Å²) < 4.78 is 0. The van der Waals surface area contributed by atoms with E-state index in [2.05, 4.69) is 23.8 Å². The number of hydrogen-bond acceptors (Lipinski definition) is 1. The lowest BCUT2D eigenvalue weighted by Gasteiger charge is -2.26. The van der Waals surface area contributed by atoms with E-state index in [1.54, 1.807) is 0 Å². The zero-order chi connectivity index (χ0) is 12.7. The van der Waals surface area contributed by atoms with Crippen molar-refractivity contribution < 1.29 is 0 Å². The second-order valence-corrected chi connectivity index (χ2v) is 5.74. The Kier molecular flexibility index (Phi) is 8.65. The standard InChI is InChI=1S/C14H27N3.HI/c1-12(2)10-16-13(15)17-11-14(3)8-6-4-5-7-9-14;/h1,4-11H2,2-3H3,(H3,15,16,17);1H. The van der Waals surface area contributed by atoms with Crippen molar-refractivity contribution in [3.05, 3.63) is 12.2 Å². The molecule has 0 amide bonds. The van der Waals surface area contributed by atoms with E-state index in [1.165, 1.54) is 38.5 Å². The third kappa shape index (κ3) is 7.24. The molecule has 0 radical (unpaired) electrons. The van der Waals surface area contributed by atoms with Crippen LogP contribution in [0.1, 0.15) is 52.4 Å². The Hall–Kier alpha value is -0.260. The van der Waals surface area contributed by atoms with Gasteiger partial charge in [0.1, 0.15) is 0 Å². The normalized spacial score (nSPS) is 19.6. The quantitative estimate of drug-likeness (QED) is 0.264. The van der Waals surface area contributed by atoms with E-state index in [0.717, 1.165) is 12.1 Å². The Balaban J connectivity index is 0.00000289. The Bertz CT molecular complexity index is 279. The SMILES string of the molecule is C=C(C)CNC(N)=NCC1(C)CCCCCC1.I. The van der Waals surface area contributed by atoms with Crippen LogP contribution < -0.4 is 11.1 Å². The molecule has 0 heterocycles.